The highest BCUT2D eigenvalue weighted by Crippen LogP contribution is 1.94. The fourth-order valence-corrected chi connectivity index (χ4v) is 0.765. The molecule has 0 aromatic rings. The van der Waals surface area contributed by atoms with Crippen LogP contribution in [0.5, 0.6) is 0 Å². The number of ether oxygens (including phenoxy) is 1. The Labute approximate surface area is 69.2 Å². The number of carbonyl (C=O) groups is 2. The lowest BCUT2D eigenvalue weighted by molar-refractivity contribution is -0.125. The fourth-order valence-electron chi connectivity index (χ4n) is 0.765. The van der Waals surface area contributed by atoms with Crippen molar-refractivity contribution in [2.75, 3.05) is 13.2 Å². The third-order valence-corrected chi connectivity index (χ3v) is 1.31. The van der Waals surface area contributed by atoms with Crippen molar-refractivity contribution in [2.45, 2.75) is 13.0 Å². The summed E-state index contributed by atoms with van der Waals surface area (Å²) < 4.78 is 4.57. The molecule has 2 N–H and O–H groups in total. The molecular weight excluding hydrogens is 164 g/mol. The quantitative estimate of drug-likeness (QED) is 0.572. The second-order valence-corrected chi connectivity index (χ2v) is 2.19. The summed E-state index contributed by atoms with van der Waals surface area (Å²) in [6.07, 6.45) is -0.608. The van der Waals surface area contributed by atoms with E-state index in [0.29, 0.717) is 0 Å². The van der Waals surface area contributed by atoms with E-state index in [1.54, 1.807) is 6.92 Å². The Balaban J connectivity index is 2.30. The number of alkyl carbamates (subject to hydrolysis) is 1. The van der Waals surface area contributed by atoms with Gasteiger partial charge in [-0.25, -0.2) is 10.3 Å². The summed E-state index contributed by atoms with van der Waals surface area (Å²) in [5, 5.41) is 2.33. The maximum Gasteiger partial charge on any atom is 0.407 e. The van der Waals surface area contributed by atoms with Crippen molar-refractivity contribution in [3.63, 3.8) is 0 Å². The first kappa shape index (κ1) is 8.79. The van der Waals surface area contributed by atoms with E-state index in [1.807, 2.05) is 0 Å². The summed E-state index contributed by atoms with van der Waals surface area (Å²) in [6, 6.07) is -0.635. The average molecular weight is 174 g/mol. The van der Waals surface area contributed by atoms with Gasteiger partial charge in [-0.15, -0.1) is 0 Å². The number of carbonyl (C=O) groups excluding carboxylic acids is 2. The molecule has 1 heterocycles. The molecule has 1 atom stereocenters. The van der Waals surface area contributed by atoms with Crippen molar-refractivity contribution in [2.24, 2.45) is 0 Å². The van der Waals surface area contributed by atoms with Gasteiger partial charge in [-0.1, -0.05) is 0 Å². The molecule has 0 bridgehead atoms. The van der Waals surface area contributed by atoms with E-state index >= 15 is 0 Å². The fraction of sp³-hybridized carbons (Fsp3) is 0.667. The van der Waals surface area contributed by atoms with Gasteiger partial charge in [0.15, 0.2) is 0 Å². The minimum Gasteiger partial charge on any atom is -0.450 e. The molecular formula is C6H10N2O4. The van der Waals surface area contributed by atoms with E-state index in [2.05, 4.69) is 20.4 Å². The lowest BCUT2D eigenvalue weighted by Crippen LogP contribution is -2.41. The monoisotopic (exact) mass is 174 g/mol. The highest BCUT2D eigenvalue weighted by atomic mass is 16.7. The van der Waals surface area contributed by atoms with Crippen LogP contribution in [-0.4, -0.2) is 31.3 Å². The van der Waals surface area contributed by atoms with Crippen LogP contribution < -0.4 is 10.8 Å². The minimum absolute atomic E-state index is 0.137. The Morgan fingerprint density at radius 3 is 3.17 bits per heavy atom. The van der Waals surface area contributed by atoms with Gasteiger partial charge in [0.05, 0.1) is 6.61 Å². The van der Waals surface area contributed by atoms with Gasteiger partial charge in [-0.2, -0.15) is 0 Å². The molecule has 1 rings (SSSR count). The zero-order valence-electron chi connectivity index (χ0n) is 6.62. The summed E-state index contributed by atoms with van der Waals surface area (Å²) in [6.45, 7) is 2.10. The van der Waals surface area contributed by atoms with Crippen LogP contribution in [0.15, 0.2) is 0 Å². The average Bonchev–Trinajstić information content (AvgIpc) is 2.37. The van der Waals surface area contributed by atoms with Crippen molar-refractivity contribution in [1.82, 2.24) is 10.8 Å². The topological polar surface area (TPSA) is 76.7 Å². The van der Waals surface area contributed by atoms with Crippen LogP contribution in [-0.2, 0) is 14.4 Å². The molecule has 1 aliphatic heterocycles. The van der Waals surface area contributed by atoms with Crippen molar-refractivity contribution in [3.8, 4) is 0 Å². The zero-order valence-corrected chi connectivity index (χ0v) is 6.62. The third kappa shape index (κ3) is 2.09. The SMILES string of the molecule is CCOC(=O)NC1CONC1=O. The third-order valence-electron chi connectivity index (χ3n) is 1.31. The molecule has 12 heavy (non-hydrogen) atoms. The van der Waals surface area contributed by atoms with E-state index in [-0.39, 0.29) is 19.1 Å². The Bertz CT molecular complexity index is 194. The summed E-state index contributed by atoms with van der Waals surface area (Å²) in [5.74, 6) is -0.358. The minimum atomic E-state index is -0.635. The Morgan fingerprint density at radius 2 is 2.67 bits per heavy atom. The van der Waals surface area contributed by atoms with Gasteiger partial charge in [-0.3, -0.25) is 9.63 Å². The molecule has 0 spiro atoms. The van der Waals surface area contributed by atoms with Crippen LogP contribution >= 0.6 is 0 Å². The summed E-state index contributed by atoms with van der Waals surface area (Å²) in [4.78, 5) is 26.2. The summed E-state index contributed by atoms with van der Waals surface area (Å²) >= 11 is 0. The first-order valence-electron chi connectivity index (χ1n) is 3.59. The van der Waals surface area contributed by atoms with Crippen LogP contribution in [0.1, 0.15) is 6.92 Å². The van der Waals surface area contributed by atoms with Gasteiger partial charge in [0.25, 0.3) is 5.91 Å². The highest BCUT2D eigenvalue weighted by molar-refractivity contribution is 5.86. The van der Waals surface area contributed by atoms with E-state index in [9.17, 15) is 9.59 Å². The zero-order chi connectivity index (χ0) is 8.97. The molecule has 0 saturated carbocycles. The van der Waals surface area contributed by atoms with E-state index in [1.165, 1.54) is 0 Å². The Kier molecular flexibility index (Phi) is 2.87. The number of hydroxylamine groups is 1. The second-order valence-electron chi connectivity index (χ2n) is 2.19. The highest BCUT2D eigenvalue weighted by Gasteiger charge is 2.27. The predicted molar refractivity (Wildman–Crippen MR) is 38.0 cm³/mol. The van der Waals surface area contributed by atoms with Crippen molar-refractivity contribution in [1.29, 1.82) is 0 Å². The molecule has 0 aromatic carbocycles. The molecule has 1 unspecified atom stereocenters. The normalized spacial score (nSPS) is 21.8. The first-order valence-corrected chi connectivity index (χ1v) is 3.59. The lowest BCUT2D eigenvalue weighted by Gasteiger charge is -2.07. The molecule has 1 aliphatic rings. The largest absolute Gasteiger partial charge is 0.450 e. The molecule has 6 nitrogen and oxygen atoms in total. The Hall–Kier alpha value is -1.30. The van der Waals surface area contributed by atoms with Gasteiger partial charge < -0.3 is 10.1 Å². The summed E-state index contributed by atoms with van der Waals surface area (Å²) in [7, 11) is 0. The van der Waals surface area contributed by atoms with Gasteiger partial charge in [0.1, 0.15) is 12.6 Å². The van der Waals surface area contributed by atoms with Crippen LogP contribution in [0.2, 0.25) is 0 Å². The van der Waals surface area contributed by atoms with E-state index < -0.39 is 12.1 Å². The van der Waals surface area contributed by atoms with E-state index in [4.69, 9.17) is 0 Å². The number of nitrogens with one attached hydrogen (secondary N) is 2. The number of rotatable bonds is 2. The molecule has 0 aliphatic carbocycles. The van der Waals surface area contributed by atoms with Crippen molar-refractivity contribution < 1.29 is 19.2 Å². The predicted octanol–water partition coefficient (Wildman–Crippen LogP) is -0.837. The number of hydrogen-bond acceptors (Lipinski definition) is 4. The summed E-state index contributed by atoms with van der Waals surface area (Å²) in [5.41, 5.74) is 2.11. The maximum atomic E-state index is 10.8. The smallest absolute Gasteiger partial charge is 0.407 e. The second kappa shape index (κ2) is 3.91. The van der Waals surface area contributed by atoms with Crippen LogP contribution in [0.3, 0.4) is 0 Å². The van der Waals surface area contributed by atoms with Crippen molar-refractivity contribution >= 4 is 12.0 Å². The van der Waals surface area contributed by atoms with Crippen LogP contribution in [0, 0.1) is 0 Å². The molecule has 1 fully saturated rings. The van der Waals surface area contributed by atoms with Gasteiger partial charge in [0.2, 0.25) is 0 Å². The van der Waals surface area contributed by atoms with Crippen LogP contribution in [0.4, 0.5) is 4.79 Å². The van der Waals surface area contributed by atoms with Gasteiger partial charge >= 0.3 is 6.09 Å². The van der Waals surface area contributed by atoms with Gasteiger partial charge in [-0.05, 0) is 6.92 Å². The van der Waals surface area contributed by atoms with Crippen molar-refractivity contribution in [3.05, 3.63) is 0 Å². The lowest BCUT2D eigenvalue weighted by atomic mass is 10.3. The Morgan fingerprint density at radius 1 is 1.92 bits per heavy atom. The molecule has 0 aromatic heterocycles. The molecule has 1 saturated heterocycles. The number of amides is 2. The molecule has 0 radical (unpaired) electrons. The standard InChI is InChI=1S/C6H10N2O4/c1-2-11-6(10)7-4-3-12-8-5(4)9/h4H,2-3H2,1H3,(H,7,10)(H,8,9). The number of hydrogen-bond donors (Lipinski definition) is 2. The molecule has 2 amide bonds. The maximum absolute atomic E-state index is 10.8. The van der Waals surface area contributed by atoms with E-state index in [0.717, 1.165) is 0 Å². The van der Waals surface area contributed by atoms with Crippen LogP contribution in [0.25, 0.3) is 0 Å². The first-order chi connectivity index (χ1) is 5.74. The molecule has 6 heteroatoms. The van der Waals surface area contributed by atoms with Gasteiger partial charge in [0, 0.05) is 0 Å². The molecule has 68 valence electrons.